The molecule has 1 amide bonds. The van der Waals surface area contributed by atoms with Crippen LogP contribution in [0.5, 0.6) is 17.2 Å². The monoisotopic (exact) mass is 292 g/mol. The maximum atomic E-state index is 11.8. The average molecular weight is 292 g/mol. The van der Waals surface area contributed by atoms with Crippen molar-refractivity contribution in [3.05, 3.63) is 11.1 Å². The number of carbonyl (C=O) groups is 1. The Morgan fingerprint density at radius 2 is 2.10 bits per heavy atom. The molecular weight excluding hydrogens is 272 g/mol. The Kier molecular flexibility index (Phi) is 3.63. The van der Waals surface area contributed by atoms with Crippen molar-refractivity contribution >= 4 is 11.6 Å². The van der Waals surface area contributed by atoms with Crippen LogP contribution < -0.4 is 19.5 Å². The standard InChI is InChI=1S/C15H20N2O4/c1-4-11(18)16-12-9-5-6-17(2)7-10(9)13(19-3)15-14(12)20-8-21-15/h4-8H2,1-3H3,(H,16,18). The predicted molar refractivity (Wildman–Crippen MR) is 78.1 cm³/mol. The quantitative estimate of drug-likeness (QED) is 0.920. The van der Waals surface area contributed by atoms with Gasteiger partial charge in [-0.2, -0.15) is 0 Å². The van der Waals surface area contributed by atoms with Gasteiger partial charge in [0.15, 0.2) is 11.5 Å². The summed E-state index contributed by atoms with van der Waals surface area (Å²) in [4.78, 5) is 14.1. The molecule has 0 fully saturated rings. The van der Waals surface area contributed by atoms with Crippen molar-refractivity contribution in [1.82, 2.24) is 4.90 Å². The minimum Gasteiger partial charge on any atom is -0.492 e. The van der Waals surface area contributed by atoms with Gasteiger partial charge in [0.1, 0.15) is 0 Å². The molecule has 0 unspecified atom stereocenters. The van der Waals surface area contributed by atoms with Gasteiger partial charge < -0.3 is 24.4 Å². The highest BCUT2D eigenvalue weighted by Gasteiger charge is 2.33. The first-order chi connectivity index (χ1) is 10.2. The fourth-order valence-corrected chi connectivity index (χ4v) is 2.87. The number of likely N-dealkylation sites (N-methyl/N-ethyl adjacent to an activating group) is 1. The van der Waals surface area contributed by atoms with Crippen LogP contribution in [0, 0.1) is 0 Å². The molecule has 0 aliphatic carbocycles. The molecule has 1 aromatic rings. The summed E-state index contributed by atoms with van der Waals surface area (Å²) in [6, 6.07) is 0. The normalized spacial score (nSPS) is 16.5. The lowest BCUT2D eigenvalue weighted by atomic mass is 9.95. The smallest absolute Gasteiger partial charge is 0.231 e. The number of nitrogens with one attached hydrogen (secondary N) is 1. The molecule has 0 saturated carbocycles. The average Bonchev–Trinajstić information content (AvgIpc) is 2.96. The van der Waals surface area contributed by atoms with Gasteiger partial charge in [0.2, 0.25) is 18.4 Å². The first-order valence-corrected chi connectivity index (χ1v) is 7.15. The summed E-state index contributed by atoms with van der Waals surface area (Å²) >= 11 is 0. The van der Waals surface area contributed by atoms with E-state index in [1.165, 1.54) is 0 Å². The number of nitrogens with zero attached hydrogens (tertiary/aromatic N) is 1. The third-order valence-corrected chi connectivity index (χ3v) is 3.95. The topological polar surface area (TPSA) is 60.0 Å². The molecule has 2 aliphatic heterocycles. The maximum absolute atomic E-state index is 11.8. The van der Waals surface area contributed by atoms with Crippen LogP contribution in [-0.2, 0) is 17.8 Å². The van der Waals surface area contributed by atoms with Crippen LogP contribution in [0.3, 0.4) is 0 Å². The minimum atomic E-state index is -0.0287. The van der Waals surface area contributed by atoms with Gasteiger partial charge in [0, 0.05) is 25.1 Å². The van der Waals surface area contributed by atoms with Crippen LogP contribution in [0.2, 0.25) is 0 Å². The third-order valence-electron chi connectivity index (χ3n) is 3.95. The van der Waals surface area contributed by atoms with Crippen LogP contribution in [0.1, 0.15) is 24.5 Å². The van der Waals surface area contributed by atoms with E-state index >= 15 is 0 Å². The number of amides is 1. The number of methoxy groups -OCH3 is 1. The van der Waals surface area contributed by atoms with Crippen LogP contribution in [-0.4, -0.2) is 38.3 Å². The summed E-state index contributed by atoms with van der Waals surface area (Å²) in [6.45, 7) is 3.69. The van der Waals surface area contributed by atoms with Gasteiger partial charge >= 0.3 is 0 Å². The van der Waals surface area contributed by atoms with Crippen LogP contribution in [0.25, 0.3) is 0 Å². The van der Waals surface area contributed by atoms with Crippen molar-refractivity contribution in [2.75, 3.05) is 32.8 Å². The summed E-state index contributed by atoms with van der Waals surface area (Å²) < 4.78 is 16.7. The Hall–Kier alpha value is -1.95. The van der Waals surface area contributed by atoms with Crippen molar-refractivity contribution in [2.24, 2.45) is 0 Å². The molecule has 0 aromatic heterocycles. The molecule has 1 N–H and O–H groups in total. The molecule has 114 valence electrons. The SMILES string of the molecule is CCC(=O)Nc1c2c(c(OC)c3c1OCO3)CN(C)CC2. The predicted octanol–water partition coefficient (Wildman–Crippen LogP) is 1.76. The van der Waals surface area contributed by atoms with Gasteiger partial charge in [-0.1, -0.05) is 6.92 Å². The molecule has 0 radical (unpaired) electrons. The molecule has 3 rings (SSSR count). The van der Waals surface area contributed by atoms with Gasteiger partial charge in [0.25, 0.3) is 0 Å². The second-order valence-corrected chi connectivity index (χ2v) is 5.32. The fraction of sp³-hybridized carbons (Fsp3) is 0.533. The van der Waals surface area contributed by atoms with E-state index in [0.29, 0.717) is 17.9 Å². The highest BCUT2D eigenvalue weighted by atomic mass is 16.7. The summed E-state index contributed by atoms with van der Waals surface area (Å²) in [5, 5.41) is 2.97. The van der Waals surface area contributed by atoms with E-state index in [9.17, 15) is 4.79 Å². The Balaban J connectivity index is 2.17. The summed E-state index contributed by atoms with van der Waals surface area (Å²) in [7, 11) is 3.70. The summed E-state index contributed by atoms with van der Waals surface area (Å²) in [6.07, 6.45) is 1.27. The lowest BCUT2D eigenvalue weighted by Gasteiger charge is -2.29. The number of rotatable bonds is 3. The van der Waals surface area contributed by atoms with E-state index in [4.69, 9.17) is 14.2 Å². The van der Waals surface area contributed by atoms with E-state index in [1.807, 2.05) is 6.92 Å². The number of benzene rings is 1. The number of fused-ring (bicyclic) bond motifs is 2. The largest absolute Gasteiger partial charge is 0.492 e. The number of carbonyl (C=O) groups excluding carboxylic acids is 1. The second-order valence-electron chi connectivity index (χ2n) is 5.32. The number of hydrogen-bond donors (Lipinski definition) is 1. The molecule has 0 spiro atoms. The van der Waals surface area contributed by atoms with Crippen molar-refractivity contribution in [3.8, 4) is 17.2 Å². The van der Waals surface area contributed by atoms with Gasteiger partial charge in [-0.3, -0.25) is 4.79 Å². The highest BCUT2D eigenvalue weighted by molar-refractivity contribution is 5.95. The second kappa shape index (κ2) is 5.44. The van der Waals surface area contributed by atoms with E-state index in [-0.39, 0.29) is 12.7 Å². The lowest BCUT2D eigenvalue weighted by Crippen LogP contribution is -2.28. The lowest BCUT2D eigenvalue weighted by molar-refractivity contribution is -0.115. The molecule has 2 aliphatic rings. The van der Waals surface area contributed by atoms with Crippen LogP contribution >= 0.6 is 0 Å². The molecule has 1 aromatic carbocycles. The molecule has 21 heavy (non-hydrogen) atoms. The van der Waals surface area contributed by atoms with Crippen molar-refractivity contribution in [3.63, 3.8) is 0 Å². The fourth-order valence-electron chi connectivity index (χ4n) is 2.87. The molecule has 6 heteroatoms. The first kappa shape index (κ1) is 14.0. The van der Waals surface area contributed by atoms with Crippen LogP contribution in [0.4, 0.5) is 5.69 Å². The van der Waals surface area contributed by atoms with Crippen molar-refractivity contribution < 1.29 is 19.0 Å². The number of ether oxygens (including phenoxy) is 3. The van der Waals surface area contributed by atoms with E-state index < -0.39 is 0 Å². The zero-order chi connectivity index (χ0) is 15.0. The van der Waals surface area contributed by atoms with E-state index in [1.54, 1.807) is 7.11 Å². The molecule has 0 saturated heterocycles. The van der Waals surface area contributed by atoms with Gasteiger partial charge in [0.05, 0.1) is 12.8 Å². The summed E-state index contributed by atoms with van der Waals surface area (Å²) in [5.41, 5.74) is 2.91. The van der Waals surface area contributed by atoms with E-state index in [2.05, 4.69) is 17.3 Å². The Morgan fingerprint density at radius 1 is 1.33 bits per heavy atom. The number of anilines is 1. The Bertz CT molecular complexity index is 586. The number of hydrogen-bond acceptors (Lipinski definition) is 5. The Labute approximate surface area is 124 Å². The Morgan fingerprint density at radius 3 is 2.81 bits per heavy atom. The maximum Gasteiger partial charge on any atom is 0.231 e. The molecule has 6 nitrogen and oxygen atoms in total. The van der Waals surface area contributed by atoms with Gasteiger partial charge in [-0.15, -0.1) is 0 Å². The van der Waals surface area contributed by atoms with Gasteiger partial charge in [-0.05, 0) is 19.0 Å². The van der Waals surface area contributed by atoms with Gasteiger partial charge in [-0.25, -0.2) is 0 Å². The van der Waals surface area contributed by atoms with E-state index in [0.717, 1.165) is 42.1 Å². The molecule has 0 bridgehead atoms. The van der Waals surface area contributed by atoms with Crippen molar-refractivity contribution in [1.29, 1.82) is 0 Å². The summed E-state index contributed by atoms with van der Waals surface area (Å²) in [5.74, 6) is 1.88. The van der Waals surface area contributed by atoms with Crippen molar-refractivity contribution in [2.45, 2.75) is 26.3 Å². The minimum absolute atomic E-state index is 0.0287. The highest BCUT2D eigenvalue weighted by Crippen LogP contribution is 2.52. The molecule has 0 atom stereocenters. The third kappa shape index (κ3) is 2.29. The molecular formula is C15H20N2O4. The zero-order valence-corrected chi connectivity index (χ0v) is 12.6. The molecule has 2 heterocycles. The zero-order valence-electron chi connectivity index (χ0n) is 12.6. The van der Waals surface area contributed by atoms with Crippen LogP contribution in [0.15, 0.2) is 0 Å². The first-order valence-electron chi connectivity index (χ1n) is 7.15.